The van der Waals surface area contributed by atoms with Crippen molar-refractivity contribution in [2.24, 2.45) is 17.7 Å². The van der Waals surface area contributed by atoms with Crippen LogP contribution in [0.4, 0.5) is 0 Å². The Morgan fingerprint density at radius 2 is 2.00 bits per heavy atom. The van der Waals surface area contributed by atoms with Gasteiger partial charge in [0.05, 0.1) is 5.60 Å². The van der Waals surface area contributed by atoms with Crippen LogP contribution in [0.15, 0.2) is 0 Å². The Kier molecular flexibility index (Phi) is 1.53. The SMILES string of the molecule is CC1CC1C(C)(C)ON. The second kappa shape index (κ2) is 1.96. The third-order valence-electron chi connectivity index (χ3n) is 2.31. The molecule has 0 radical (unpaired) electrons. The van der Waals surface area contributed by atoms with Gasteiger partial charge in [0.2, 0.25) is 0 Å². The zero-order chi connectivity index (χ0) is 7.07. The molecule has 1 aliphatic carbocycles. The molecular weight excluding hydrogens is 114 g/mol. The molecule has 2 unspecified atom stereocenters. The zero-order valence-corrected chi connectivity index (χ0v) is 6.35. The summed E-state index contributed by atoms with van der Waals surface area (Å²) >= 11 is 0. The molecule has 1 saturated carbocycles. The normalized spacial score (nSPS) is 34.7. The van der Waals surface area contributed by atoms with Crippen LogP contribution in [-0.4, -0.2) is 5.60 Å². The molecule has 0 aromatic carbocycles. The van der Waals surface area contributed by atoms with Crippen LogP contribution in [0.1, 0.15) is 27.2 Å². The van der Waals surface area contributed by atoms with Gasteiger partial charge in [-0.3, -0.25) is 4.84 Å². The van der Waals surface area contributed by atoms with Crippen LogP contribution in [-0.2, 0) is 4.84 Å². The van der Waals surface area contributed by atoms with Crippen molar-refractivity contribution in [2.75, 3.05) is 0 Å². The average molecular weight is 129 g/mol. The van der Waals surface area contributed by atoms with Gasteiger partial charge in [0, 0.05) is 0 Å². The average Bonchev–Trinajstić information content (AvgIpc) is 2.47. The van der Waals surface area contributed by atoms with E-state index in [0.717, 1.165) is 5.92 Å². The molecule has 0 amide bonds. The highest BCUT2D eigenvalue weighted by Gasteiger charge is 2.45. The van der Waals surface area contributed by atoms with Crippen LogP contribution < -0.4 is 5.90 Å². The Hall–Kier alpha value is -0.0800. The van der Waals surface area contributed by atoms with Crippen molar-refractivity contribution >= 4 is 0 Å². The minimum atomic E-state index is -0.0978. The number of rotatable bonds is 2. The van der Waals surface area contributed by atoms with Gasteiger partial charge in [-0.15, -0.1) is 0 Å². The number of nitrogens with two attached hydrogens (primary N) is 1. The first-order chi connectivity index (χ1) is 4.08. The summed E-state index contributed by atoms with van der Waals surface area (Å²) in [5.74, 6) is 6.60. The molecule has 0 aromatic rings. The minimum Gasteiger partial charge on any atom is -0.298 e. The van der Waals surface area contributed by atoms with Crippen LogP contribution >= 0.6 is 0 Å². The van der Waals surface area contributed by atoms with E-state index in [1.54, 1.807) is 0 Å². The van der Waals surface area contributed by atoms with Crippen LogP contribution in [0.25, 0.3) is 0 Å². The first-order valence-corrected chi connectivity index (χ1v) is 3.46. The van der Waals surface area contributed by atoms with Crippen LogP contribution in [0, 0.1) is 11.8 Å². The largest absolute Gasteiger partial charge is 0.298 e. The van der Waals surface area contributed by atoms with Gasteiger partial charge in [-0.2, -0.15) is 0 Å². The van der Waals surface area contributed by atoms with Gasteiger partial charge in [-0.1, -0.05) is 6.92 Å². The summed E-state index contributed by atoms with van der Waals surface area (Å²) in [5.41, 5.74) is -0.0978. The van der Waals surface area contributed by atoms with Gasteiger partial charge < -0.3 is 0 Å². The fraction of sp³-hybridized carbons (Fsp3) is 1.00. The van der Waals surface area contributed by atoms with Crippen LogP contribution in [0.5, 0.6) is 0 Å². The summed E-state index contributed by atoms with van der Waals surface area (Å²) < 4.78 is 0. The maximum absolute atomic E-state index is 5.11. The van der Waals surface area contributed by atoms with Crippen molar-refractivity contribution in [3.8, 4) is 0 Å². The Morgan fingerprint density at radius 1 is 1.56 bits per heavy atom. The van der Waals surface area contributed by atoms with Crippen molar-refractivity contribution < 1.29 is 4.84 Å². The lowest BCUT2D eigenvalue weighted by Crippen LogP contribution is -2.31. The molecule has 0 spiro atoms. The Balaban J connectivity index is 2.41. The van der Waals surface area contributed by atoms with Crippen molar-refractivity contribution in [1.29, 1.82) is 0 Å². The molecule has 9 heavy (non-hydrogen) atoms. The first-order valence-electron chi connectivity index (χ1n) is 3.46. The van der Waals surface area contributed by atoms with Gasteiger partial charge in [0.25, 0.3) is 0 Å². The summed E-state index contributed by atoms with van der Waals surface area (Å²) in [6.45, 7) is 6.31. The van der Waals surface area contributed by atoms with Crippen molar-refractivity contribution in [3.63, 3.8) is 0 Å². The lowest BCUT2D eigenvalue weighted by molar-refractivity contribution is -0.0391. The smallest absolute Gasteiger partial charge is 0.0868 e. The van der Waals surface area contributed by atoms with E-state index in [9.17, 15) is 0 Å². The van der Waals surface area contributed by atoms with E-state index in [1.807, 2.05) is 13.8 Å². The highest BCUT2D eigenvalue weighted by molar-refractivity contribution is 4.94. The van der Waals surface area contributed by atoms with Gasteiger partial charge in [0.1, 0.15) is 0 Å². The Morgan fingerprint density at radius 3 is 2.11 bits per heavy atom. The summed E-state index contributed by atoms with van der Waals surface area (Å²) in [6.07, 6.45) is 1.27. The quantitative estimate of drug-likeness (QED) is 0.570. The number of hydrogen-bond donors (Lipinski definition) is 1. The topological polar surface area (TPSA) is 35.2 Å². The van der Waals surface area contributed by atoms with Gasteiger partial charge in [0.15, 0.2) is 0 Å². The summed E-state index contributed by atoms with van der Waals surface area (Å²) in [5, 5.41) is 0. The standard InChI is InChI=1S/C7H15NO/c1-5-4-6(5)7(2,3)9-8/h5-6H,4,8H2,1-3H3. The number of hydrogen-bond acceptors (Lipinski definition) is 2. The van der Waals surface area contributed by atoms with Gasteiger partial charge in [-0.25, -0.2) is 5.90 Å². The second-order valence-electron chi connectivity index (χ2n) is 3.54. The molecule has 1 rings (SSSR count). The Labute approximate surface area is 56.3 Å². The minimum absolute atomic E-state index is 0.0978. The molecule has 1 fully saturated rings. The molecule has 2 N–H and O–H groups in total. The molecule has 2 heteroatoms. The molecule has 0 saturated heterocycles. The molecule has 0 aliphatic heterocycles. The lowest BCUT2D eigenvalue weighted by atomic mass is 10.0. The van der Waals surface area contributed by atoms with E-state index in [4.69, 9.17) is 10.7 Å². The van der Waals surface area contributed by atoms with E-state index >= 15 is 0 Å². The zero-order valence-electron chi connectivity index (χ0n) is 6.35. The van der Waals surface area contributed by atoms with Crippen molar-refractivity contribution in [2.45, 2.75) is 32.8 Å². The molecule has 0 bridgehead atoms. The fourth-order valence-corrected chi connectivity index (χ4v) is 1.38. The molecule has 54 valence electrons. The predicted octanol–water partition coefficient (Wildman–Crippen LogP) is 1.31. The summed E-state index contributed by atoms with van der Waals surface area (Å²) in [4.78, 5) is 4.83. The van der Waals surface area contributed by atoms with Gasteiger partial charge >= 0.3 is 0 Å². The van der Waals surface area contributed by atoms with E-state index in [1.165, 1.54) is 6.42 Å². The molecule has 1 aliphatic rings. The van der Waals surface area contributed by atoms with Crippen LogP contribution in [0.3, 0.4) is 0 Å². The van der Waals surface area contributed by atoms with E-state index in [2.05, 4.69) is 6.92 Å². The third-order valence-corrected chi connectivity index (χ3v) is 2.31. The molecular formula is C7H15NO. The highest BCUT2D eigenvalue weighted by atomic mass is 16.6. The highest BCUT2D eigenvalue weighted by Crippen LogP contribution is 2.46. The molecule has 0 aromatic heterocycles. The maximum Gasteiger partial charge on any atom is 0.0868 e. The fourth-order valence-electron chi connectivity index (χ4n) is 1.38. The molecule has 2 nitrogen and oxygen atoms in total. The van der Waals surface area contributed by atoms with E-state index < -0.39 is 0 Å². The summed E-state index contributed by atoms with van der Waals surface area (Å²) in [6, 6.07) is 0. The first kappa shape index (κ1) is 7.03. The van der Waals surface area contributed by atoms with E-state index in [0.29, 0.717) is 5.92 Å². The molecule has 2 atom stereocenters. The monoisotopic (exact) mass is 129 g/mol. The third kappa shape index (κ3) is 1.25. The summed E-state index contributed by atoms with van der Waals surface area (Å²) in [7, 11) is 0. The lowest BCUT2D eigenvalue weighted by Gasteiger charge is -2.21. The van der Waals surface area contributed by atoms with Crippen molar-refractivity contribution in [1.82, 2.24) is 0 Å². The van der Waals surface area contributed by atoms with Crippen molar-refractivity contribution in [3.05, 3.63) is 0 Å². The van der Waals surface area contributed by atoms with Crippen LogP contribution in [0.2, 0.25) is 0 Å². The molecule has 0 heterocycles. The van der Waals surface area contributed by atoms with Gasteiger partial charge in [-0.05, 0) is 32.1 Å². The second-order valence-corrected chi connectivity index (χ2v) is 3.54. The predicted molar refractivity (Wildman–Crippen MR) is 36.6 cm³/mol. The van der Waals surface area contributed by atoms with E-state index in [-0.39, 0.29) is 5.60 Å². The Bertz CT molecular complexity index is 111. The maximum atomic E-state index is 5.11.